The van der Waals surface area contributed by atoms with Crippen molar-refractivity contribution in [1.82, 2.24) is 0 Å². The van der Waals surface area contributed by atoms with Crippen molar-refractivity contribution >= 4 is 14.3 Å². The van der Waals surface area contributed by atoms with Gasteiger partial charge in [0.05, 0.1) is 12.7 Å². The van der Waals surface area contributed by atoms with Gasteiger partial charge in [0.1, 0.15) is 0 Å². The van der Waals surface area contributed by atoms with Gasteiger partial charge in [0.2, 0.25) is 8.32 Å². The fraction of sp³-hybridized carbons (Fsp3) is 0.958. The number of hydrogen-bond acceptors (Lipinski definition) is 4. The molecule has 174 valence electrons. The van der Waals surface area contributed by atoms with E-state index in [0.29, 0.717) is 6.42 Å². The molecular weight excluding hydrogens is 380 g/mol. The first-order chi connectivity index (χ1) is 13.8. The van der Waals surface area contributed by atoms with Gasteiger partial charge in [-0.05, 0) is 32.5 Å². The monoisotopic (exact) mass is 430 g/mol. The van der Waals surface area contributed by atoms with Crippen LogP contribution in [0.3, 0.4) is 0 Å². The molecule has 0 radical (unpaired) electrons. The maximum atomic E-state index is 11.6. The highest BCUT2D eigenvalue weighted by molar-refractivity contribution is 6.71. The molecule has 1 unspecified atom stereocenters. The Morgan fingerprint density at radius 2 is 1.03 bits per heavy atom. The van der Waals surface area contributed by atoms with Crippen molar-refractivity contribution in [3.05, 3.63) is 0 Å². The summed E-state index contributed by atoms with van der Waals surface area (Å²) in [6, 6.07) is 0. The van der Waals surface area contributed by atoms with Crippen LogP contribution in [-0.4, -0.2) is 37.2 Å². The molecule has 0 spiro atoms. The molecule has 0 aromatic rings. The quantitative estimate of drug-likeness (QED) is 0.156. The molecule has 0 aromatic carbocycles. The Balaban J connectivity index is 3.14. The lowest BCUT2D eigenvalue weighted by atomic mass is 10.0. The number of aliphatic hydroxyl groups is 2. The Morgan fingerprint density at radius 3 is 1.38 bits per heavy atom. The average molecular weight is 431 g/mol. The predicted molar refractivity (Wildman–Crippen MR) is 126 cm³/mol. The van der Waals surface area contributed by atoms with E-state index in [1.165, 1.54) is 83.5 Å². The number of carbonyl (C=O) groups is 1. The number of rotatable bonds is 21. The molecule has 0 aliphatic carbocycles. The van der Waals surface area contributed by atoms with Gasteiger partial charge in [-0.2, -0.15) is 0 Å². The van der Waals surface area contributed by atoms with Crippen molar-refractivity contribution in [3.8, 4) is 0 Å². The molecule has 4 nitrogen and oxygen atoms in total. The zero-order chi connectivity index (χ0) is 21.8. The van der Waals surface area contributed by atoms with Crippen LogP contribution in [0.4, 0.5) is 0 Å². The second-order valence-corrected chi connectivity index (χ2v) is 14.0. The molecule has 0 aliphatic rings. The van der Waals surface area contributed by atoms with Crippen LogP contribution in [0.25, 0.3) is 0 Å². The molecule has 0 amide bonds. The summed E-state index contributed by atoms with van der Waals surface area (Å²) in [6.45, 7) is 6.07. The Bertz CT molecular complexity index is 368. The third-order valence-electron chi connectivity index (χ3n) is 5.30. The van der Waals surface area contributed by atoms with E-state index in [0.717, 1.165) is 25.7 Å². The van der Waals surface area contributed by atoms with Crippen molar-refractivity contribution < 1.29 is 19.4 Å². The number of carbonyl (C=O) groups excluding carboxylic acids is 1. The second kappa shape index (κ2) is 19.6. The third-order valence-corrected chi connectivity index (χ3v) is 6.14. The lowest BCUT2D eigenvalue weighted by Crippen LogP contribution is -2.28. The molecule has 0 saturated carbocycles. The lowest BCUT2D eigenvalue weighted by molar-refractivity contribution is -0.135. The molecule has 0 aliphatic heterocycles. The number of hydrogen-bond donors (Lipinski definition) is 2. The molecule has 2 N–H and O–H groups in total. The fourth-order valence-corrected chi connectivity index (χ4v) is 4.39. The van der Waals surface area contributed by atoms with Crippen molar-refractivity contribution in [2.24, 2.45) is 0 Å². The Labute approximate surface area is 182 Å². The highest BCUT2D eigenvalue weighted by atomic mass is 28.4. The molecule has 0 saturated heterocycles. The van der Waals surface area contributed by atoms with Gasteiger partial charge >= 0.3 is 0 Å². The highest BCUT2D eigenvalue weighted by Crippen LogP contribution is 2.15. The van der Waals surface area contributed by atoms with Gasteiger partial charge in [0.25, 0.3) is 5.97 Å². The van der Waals surface area contributed by atoms with E-state index in [2.05, 4.69) is 19.6 Å². The van der Waals surface area contributed by atoms with Crippen LogP contribution in [0.2, 0.25) is 19.6 Å². The normalized spacial score (nSPS) is 12.9. The van der Waals surface area contributed by atoms with Crippen molar-refractivity contribution in [3.63, 3.8) is 0 Å². The maximum absolute atomic E-state index is 11.6. The molecule has 0 heterocycles. The van der Waals surface area contributed by atoms with Crippen molar-refractivity contribution in [2.75, 3.05) is 6.61 Å². The van der Waals surface area contributed by atoms with Gasteiger partial charge in [-0.3, -0.25) is 4.79 Å². The first kappa shape index (κ1) is 28.6. The first-order valence-electron chi connectivity index (χ1n) is 12.4. The lowest BCUT2D eigenvalue weighted by Gasteiger charge is -2.17. The van der Waals surface area contributed by atoms with Crippen LogP contribution >= 0.6 is 0 Å². The fourth-order valence-electron chi connectivity index (χ4n) is 3.61. The van der Waals surface area contributed by atoms with Crippen LogP contribution in [0.15, 0.2) is 0 Å². The SMILES string of the molecule is C[Si](C)(C)OC(=O)CCCCCCCCCCCCCCCCCCC(O)CO. The molecule has 0 fully saturated rings. The first-order valence-corrected chi connectivity index (χ1v) is 15.8. The maximum Gasteiger partial charge on any atom is 0.292 e. The Kier molecular flexibility index (Phi) is 19.3. The van der Waals surface area contributed by atoms with E-state index in [-0.39, 0.29) is 12.6 Å². The number of unbranched alkanes of at least 4 members (excludes halogenated alkanes) is 15. The zero-order valence-corrected chi connectivity index (χ0v) is 20.7. The second-order valence-electron chi connectivity index (χ2n) is 9.62. The molecular formula is C24H50O4Si. The summed E-state index contributed by atoms with van der Waals surface area (Å²) in [5.74, 6) is 0.00190. The van der Waals surface area contributed by atoms with Crippen LogP contribution in [0.5, 0.6) is 0 Å². The van der Waals surface area contributed by atoms with Gasteiger partial charge in [0.15, 0.2) is 0 Å². The van der Waals surface area contributed by atoms with Crippen LogP contribution in [0.1, 0.15) is 116 Å². The molecule has 0 bridgehead atoms. The molecule has 5 heteroatoms. The molecule has 0 rings (SSSR count). The van der Waals surface area contributed by atoms with Gasteiger partial charge in [-0.1, -0.05) is 96.3 Å². The summed E-state index contributed by atoms with van der Waals surface area (Å²) in [5.41, 5.74) is 0. The predicted octanol–water partition coefficient (Wildman–Crippen LogP) is 6.74. The largest absolute Gasteiger partial charge is 0.520 e. The summed E-state index contributed by atoms with van der Waals surface area (Å²) in [5, 5.41) is 18.0. The van der Waals surface area contributed by atoms with Crippen LogP contribution in [0, 0.1) is 0 Å². The molecule has 29 heavy (non-hydrogen) atoms. The highest BCUT2D eigenvalue weighted by Gasteiger charge is 2.19. The summed E-state index contributed by atoms with van der Waals surface area (Å²) in [4.78, 5) is 11.6. The van der Waals surface area contributed by atoms with E-state index in [1.807, 2.05) is 0 Å². The minimum absolute atomic E-state index is 0.00190. The molecule has 0 aromatic heterocycles. The van der Waals surface area contributed by atoms with E-state index >= 15 is 0 Å². The Hall–Kier alpha value is -0.393. The number of aliphatic hydroxyl groups excluding tert-OH is 2. The van der Waals surface area contributed by atoms with Crippen molar-refractivity contribution in [1.29, 1.82) is 0 Å². The van der Waals surface area contributed by atoms with Crippen LogP contribution < -0.4 is 0 Å². The van der Waals surface area contributed by atoms with Crippen LogP contribution in [-0.2, 0) is 9.22 Å². The summed E-state index contributed by atoms with van der Waals surface area (Å²) in [6.07, 6.45) is 21.2. The van der Waals surface area contributed by atoms with E-state index in [4.69, 9.17) is 9.53 Å². The van der Waals surface area contributed by atoms with Gasteiger partial charge in [-0.15, -0.1) is 0 Å². The average Bonchev–Trinajstić information content (AvgIpc) is 2.65. The molecule has 1 atom stereocenters. The van der Waals surface area contributed by atoms with Gasteiger partial charge < -0.3 is 14.6 Å². The van der Waals surface area contributed by atoms with E-state index < -0.39 is 14.4 Å². The topological polar surface area (TPSA) is 66.8 Å². The zero-order valence-electron chi connectivity index (χ0n) is 19.7. The standard InChI is InChI=1S/C24H50O4Si/c1-29(2,3)28-24(27)21-19-17-15-13-11-9-7-5-4-6-8-10-12-14-16-18-20-23(26)22-25/h23,25-26H,4-22H2,1-3H3. The van der Waals surface area contributed by atoms with E-state index in [1.54, 1.807) is 0 Å². The third kappa shape index (κ3) is 23.8. The van der Waals surface area contributed by atoms with Crippen molar-refractivity contribution in [2.45, 2.75) is 141 Å². The van der Waals surface area contributed by atoms with E-state index in [9.17, 15) is 9.90 Å². The minimum atomic E-state index is -1.70. The van der Waals surface area contributed by atoms with Gasteiger partial charge in [0, 0.05) is 6.42 Å². The summed E-state index contributed by atoms with van der Waals surface area (Å²) >= 11 is 0. The smallest absolute Gasteiger partial charge is 0.292 e. The van der Waals surface area contributed by atoms with Gasteiger partial charge in [-0.25, -0.2) is 0 Å². The summed E-state index contributed by atoms with van der Waals surface area (Å²) in [7, 11) is -1.70. The summed E-state index contributed by atoms with van der Waals surface area (Å²) < 4.78 is 5.46. The Morgan fingerprint density at radius 1 is 0.690 bits per heavy atom. The minimum Gasteiger partial charge on any atom is -0.520 e.